The van der Waals surface area contributed by atoms with Crippen molar-refractivity contribution >= 4 is 22.0 Å². The molecule has 0 saturated heterocycles. The van der Waals surface area contributed by atoms with Crippen molar-refractivity contribution in [1.82, 2.24) is 9.62 Å². The summed E-state index contributed by atoms with van der Waals surface area (Å²) in [5.41, 5.74) is 0.615. The van der Waals surface area contributed by atoms with Crippen molar-refractivity contribution in [1.29, 1.82) is 0 Å². The summed E-state index contributed by atoms with van der Waals surface area (Å²) in [6.45, 7) is 5.38. The quantitative estimate of drug-likeness (QED) is 0.690. The summed E-state index contributed by atoms with van der Waals surface area (Å²) in [7, 11) is -0.886. The van der Waals surface area contributed by atoms with E-state index in [9.17, 15) is 13.2 Å². The Hall–Kier alpha value is -1.86. The Balaban J connectivity index is 3.03. The summed E-state index contributed by atoms with van der Waals surface area (Å²) in [6, 6.07) is 4.76. The molecule has 0 atom stereocenters. The van der Waals surface area contributed by atoms with Crippen molar-refractivity contribution in [2.75, 3.05) is 27.2 Å². The third kappa shape index (κ3) is 5.35. The number of sulfonamides is 1. The highest BCUT2D eigenvalue weighted by molar-refractivity contribution is 7.89. The third-order valence-corrected chi connectivity index (χ3v) is 5.07. The lowest BCUT2D eigenvalue weighted by Gasteiger charge is -2.18. The van der Waals surface area contributed by atoms with Crippen LogP contribution in [0.2, 0.25) is 0 Å². The molecule has 1 aromatic carbocycles. The van der Waals surface area contributed by atoms with Crippen LogP contribution in [0.4, 0.5) is 0 Å². The monoisotopic (exact) mass is 354 g/mol. The minimum Gasteiger partial charge on any atom is -0.495 e. The maximum absolute atomic E-state index is 12.2. The molecule has 7 heteroatoms. The predicted molar refractivity (Wildman–Crippen MR) is 95.4 cm³/mol. The molecule has 6 nitrogen and oxygen atoms in total. The molecule has 24 heavy (non-hydrogen) atoms. The maximum atomic E-state index is 12.2. The number of hydrogen-bond donors (Lipinski definition) is 1. The highest BCUT2D eigenvalue weighted by atomic mass is 32.2. The zero-order valence-electron chi connectivity index (χ0n) is 14.7. The highest BCUT2D eigenvalue weighted by Gasteiger charge is 2.17. The van der Waals surface area contributed by atoms with E-state index in [1.807, 2.05) is 6.92 Å². The Morgan fingerprint density at radius 1 is 1.33 bits per heavy atom. The highest BCUT2D eigenvalue weighted by Crippen LogP contribution is 2.25. The van der Waals surface area contributed by atoms with E-state index in [0.717, 1.165) is 19.4 Å². The van der Waals surface area contributed by atoms with Gasteiger partial charge in [0.1, 0.15) is 10.6 Å². The number of nitrogens with one attached hydrogen (secondary N) is 1. The molecular weight excluding hydrogens is 328 g/mol. The first-order chi connectivity index (χ1) is 11.4. The number of unbranched alkanes of at least 4 members (excludes halogenated alkanes) is 1. The zero-order valence-corrected chi connectivity index (χ0v) is 15.5. The van der Waals surface area contributed by atoms with Gasteiger partial charge in [0.05, 0.1) is 7.11 Å². The molecule has 134 valence electrons. The van der Waals surface area contributed by atoms with Crippen LogP contribution in [-0.4, -0.2) is 46.5 Å². The molecule has 1 amide bonds. The molecule has 1 rings (SSSR count). The van der Waals surface area contributed by atoms with E-state index in [-0.39, 0.29) is 16.6 Å². The van der Waals surface area contributed by atoms with E-state index >= 15 is 0 Å². The van der Waals surface area contributed by atoms with Crippen molar-refractivity contribution in [2.45, 2.75) is 31.6 Å². The fourth-order valence-corrected chi connectivity index (χ4v) is 3.09. The normalized spacial score (nSPS) is 11.7. The van der Waals surface area contributed by atoms with Crippen molar-refractivity contribution in [3.63, 3.8) is 0 Å². The van der Waals surface area contributed by atoms with Gasteiger partial charge < -0.3 is 9.64 Å². The van der Waals surface area contributed by atoms with E-state index in [0.29, 0.717) is 12.1 Å². The number of carbonyl (C=O) groups is 1. The van der Waals surface area contributed by atoms with Gasteiger partial charge in [0.15, 0.2) is 0 Å². The fourth-order valence-electron chi connectivity index (χ4n) is 2.16. The maximum Gasteiger partial charge on any atom is 0.246 e. The average Bonchev–Trinajstić information content (AvgIpc) is 2.60. The van der Waals surface area contributed by atoms with Crippen LogP contribution in [0.3, 0.4) is 0 Å². The minimum atomic E-state index is -3.64. The summed E-state index contributed by atoms with van der Waals surface area (Å²) in [5, 5.41) is 0. The molecule has 0 saturated carbocycles. The fraction of sp³-hybridized carbons (Fsp3) is 0.471. The van der Waals surface area contributed by atoms with Gasteiger partial charge in [-0.2, -0.15) is 0 Å². The number of amides is 1. The molecule has 0 aliphatic rings. The predicted octanol–water partition coefficient (Wildman–Crippen LogP) is 2.27. The van der Waals surface area contributed by atoms with Crippen LogP contribution < -0.4 is 9.46 Å². The molecule has 0 aromatic heterocycles. The molecule has 0 aliphatic heterocycles. The van der Waals surface area contributed by atoms with Gasteiger partial charge in [-0.1, -0.05) is 19.4 Å². The number of ether oxygens (including phenoxy) is 1. The van der Waals surface area contributed by atoms with Gasteiger partial charge in [0.2, 0.25) is 15.9 Å². The Morgan fingerprint density at radius 3 is 2.58 bits per heavy atom. The Morgan fingerprint density at radius 2 is 2.04 bits per heavy atom. The molecule has 1 aromatic rings. The van der Waals surface area contributed by atoms with E-state index in [1.54, 1.807) is 23.1 Å². The second kappa shape index (κ2) is 9.44. The van der Waals surface area contributed by atoms with Crippen molar-refractivity contribution in [3.8, 4) is 5.75 Å². The van der Waals surface area contributed by atoms with Gasteiger partial charge in [-0.3, -0.25) is 4.79 Å². The first-order valence-corrected chi connectivity index (χ1v) is 9.46. The van der Waals surface area contributed by atoms with Crippen LogP contribution in [-0.2, 0) is 14.8 Å². The van der Waals surface area contributed by atoms with E-state index in [1.165, 1.54) is 26.3 Å². The zero-order chi connectivity index (χ0) is 18.2. The first-order valence-electron chi connectivity index (χ1n) is 7.98. The number of hydrogen-bond acceptors (Lipinski definition) is 4. The van der Waals surface area contributed by atoms with Gasteiger partial charge in [-0.05, 0) is 44.2 Å². The van der Waals surface area contributed by atoms with Gasteiger partial charge in [0.25, 0.3) is 0 Å². The van der Waals surface area contributed by atoms with Gasteiger partial charge in [-0.25, -0.2) is 13.1 Å². The molecule has 0 radical (unpaired) electrons. The number of rotatable bonds is 9. The Kier molecular flexibility index (Phi) is 7.94. The van der Waals surface area contributed by atoms with Gasteiger partial charge >= 0.3 is 0 Å². The number of benzene rings is 1. The Labute approximate surface area is 144 Å². The SMILES string of the molecule is CCCCN(CC)C(=O)/C=C/c1ccc(OC)c(S(=O)(=O)NC)c1. The molecule has 1 N–H and O–H groups in total. The molecular formula is C17H26N2O4S. The van der Waals surface area contributed by atoms with Crippen molar-refractivity contribution < 1.29 is 17.9 Å². The van der Waals surface area contributed by atoms with Crippen molar-refractivity contribution in [3.05, 3.63) is 29.8 Å². The summed E-state index contributed by atoms with van der Waals surface area (Å²) < 4.78 is 31.5. The molecule has 0 aliphatic carbocycles. The number of likely N-dealkylation sites (N-methyl/N-ethyl adjacent to an activating group) is 1. The largest absolute Gasteiger partial charge is 0.495 e. The van der Waals surface area contributed by atoms with Gasteiger partial charge in [-0.15, -0.1) is 0 Å². The summed E-state index contributed by atoms with van der Waals surface area (Å²) in [6.07, 6.45) is 5.07. The number of nitrogens with zero attached hydrogens (tertiary/aromatic N) is 1. The van der Waals surface area contributed by atoms with Crippen LogP contribution in [0, 0.1) is 0 Å². The molecule has 0 bridgehead atoms. The first kappa shape index (κ1) is 20.2. The van der Waals surface area contributed by atoms with E-state index < -0.39 is 10.0 Å². The average molecular weight is 354 g/mol. The third-order valence-electron chi connectivity index (χ3n) is 3.64. The van der Waals surface area contributed by atoms with Crippen LogP contribution >= 0.6 is 0 Å². The number of carbonyl (C=O) groups excluding carboxylic acids is 1. The summed E-state index contributed by atoms with van der Waals surface area (Å²) in [4.78, 5) is 14.0. The lowest BCUT2D eigenvalue weighted by molar-refractivity contribution is -0.125. The second-order valence-electron chi connectivity index (χ2n) is 5.22. The molecule has 0 unspecified atom stereocenters. The minimum absolute atomic E-state index is 0.0421. The summed E-state index contributed by atoms with van der Waals surface area (Å²) in [5.74, 6) is 0.172. The molecule has 0 heterocycles. The van der Waals surface area contributed by atoms with Gasteiger partial charge in [0, 0.05) is 19.2 Å². The second-order valence-corrected chi connectivity index (χ2v) is 7.08. The lowest BCUT2D eigenvalue weighted by Crippen LogP contribution is -2.30. The van der Waals surface area contributed by atoms with Crippen LogP contribution in [0.5, 0.6) is 5.75 Å². The summed E-state index contributed by atoms with van der Waals surface area (Å²) >= 11 is 0. The van der Waals surface area contributed by atoms with Crippen LogP contribution in [0.25, 0.3) is 6.08 Å². The Bertz CT molecular complexity index is 684. The van der Waals surface area contributed by atoms with E-state index in [2.05, 4.69) is 11.6 Å². The van der Waals surface area contributed by atoms with E-state index in [4.69, 9.17) is 4.74 Å². The van der Waals surface area contributed by atoms with Crippen molar-refractivity contribution in [2.24, 2.45) is 0 Å². The smallest absolute Gasteiger partial charge is 0.246 e. The van der Waals surface area contributed by atoms with Crippen LogP contribution in [0.1, 0.15) is 32.3 Å². The van der Waals surface area contributed by atoms with Crippen LogP contribution in [0.15, 0.2) is 29.2 Å². The topological polar surface area (TPSA) is 75.7 Å². The molecule has 0 fully saturated rings. The number of methoxy groups -OCH3 is 1. The molecule has 0 spiro atoms. The lowest BCUT2D eigenvalue weighted by atomic mass is 10.2. The standard InChI is InChI=1S/C17H26N2O4S/c1-5-7-12-19(6-2)17(20)11-9-14-8-10-15(23-4)16(13-14)24(21,22)18-3/h8-11,13,18H,5-7,12H2,1-4H3/b11-9+.